The maximum atomic E-state index is 15.3. The molecule has 0 saturated carbocycles. The first kappa shape index (κ1) is 80.7. The van der Waals surface area contributed by atoms with E-state index in [0.29, 0.717) is 19.3 Å². The molecule has 0 bridgehead atoms. The van der Waals surface area contributed by atoms with E-state index >= 15 is 4.57 Å². The van der Waals surface area contributed by atoms with E-state index in [1.807, 2.05) is 0 Å². The minimum atomic E-state index is -4.85. The smallest absolute Gasteiger partial charge is 0.432 e. The lowest BCUT2D eigenvalue weighted by molar-refractivity contribution is -0.181. The molecule has 0 saturated heterocycles. The third kappa shape index (κ3) is 54.8. The lowest BCUT2D eigenvalue weighted by atomic mass is 10.0. The molecule has 0 radical (unpaired) electrons. The first-order valence-electron chi connectivity index (χ1n) is 35.5. The molecule has 488 valence electrons. The number of rotatable bonds is 66. The molecule has 0 spiro atoms. The largest absolute Gasteiger partial charge is 0.484 e. The van der Waals surface area contributed by atoms with Crippen molar-refractivity contribution in [2.24, 2.45) is 0 Å². The van der Waals surface area contributed by atoms with Crippen molar-refractivity contribution in [2.75, 3.05) is 0 Å². The summed E-state index contributed by atoms with van der Waals surface area (Å²) in [5.41, 5.74) is 0.449. The first-order chi connectivity index (χ1) is 40.3. The highest BCUT2D eigenvalue weighted by molar-refractivity contribution is 7.48. The number of hydrogen-bond acceptors (Lipinski definition) is 10. The molecule has 0 aliphatic rings. The van der Waals surface area contributed by atoms with Crippen LogP contribution in [0.15, 0.2) is 36.5 Å². The van der Waals surface area contributed by atoms with Crippen LogP contribution in [-0.4, -0.2) is 36.8 Å². The van der Waals surface area contributed by atoms with Crippen LogP contribution in [0.1, 0.15) is 388 Å². The Labute approximate surface area is 513 Å². The standard InChI is InChI=1S/C72H135O10P/c1-10-13-16-19-22-25-28-31-34-37-40-43-46-49-52-55-58-61-67(77-70(73)64(4)5)80-83(76,81-68(78-71(74)65(6)7)62-59-56-53-50-47-44-41-38-35-32-29-26-23-20-17-14-11-2)82-69(79-72(75)66(8)9)63-60-57-54-51-48-45-42-39-36-33-30-27-24-21-18-15-12-3/h67-69H,4,6,8,10-63H2,1-3,5,7,9H3. The summed E-state index contributed by atoms with van der Waals surface area (Å²) >= 11 is 0. The Hall–Kier alpha value is -2.26. The Morgan fingerprint density at radius 1 is 0.265 bits per heavy atom. The van der Waals surface area contributed by atoms with E-state index < -0.39 is 44.6 Å². The number of hydrogen-bond donors (Lipinski definition) is 0. The Bertz CT molecular complexity index is 1420. The Morgan fingerprint density at radius 3 is 0.530 bits per heavy atom. The zero-order valence-electron chi connectivity index (χ0n) is 55.6. The molecule has 0 aromatic carbocycles. The van der Waals surface area contributed by atoms with Crippen LogP contribution in [0.2, 0.25) is 0 Å². The number of esters is 3. The summed E-state index contributed by atoms with van der Waals surface area (Å²) in [5.74, 6) is -2.14. The van der Waals surface area contributed by atoms with Gasteiger partial charge in [-0.1, -0.05) is 349 Å². The molecule has 10 nitrogen and oxygen atoms in total. The van der Waals surface area contributed by atoms with Crippen LogP contribution in [0, 0.1) is 0 Å². The van der Waals surface area contributed by atoms with Gasteiger partial charge in [-0.2, -0.15) is 0 Å². The number of carbonyl (C=O) groups excluding carboxylic acids is 3. The summed E-state index contributed by atoms with van der Waals surface area (Å²) < 4.78 is 51.3. The summed E-state index contributed by atoms with van der Waals surface area (Å²) in [6.07, 6.45) is 58.8. The number of phosphoric ester groups is 1. The molecule has 0 aliphatic heterocycles. The lowest BCUT2D eigenvalue weighted by Crippen LogP contribution is -2.28. The van der Waals surface area contributed by atoms with E-state index in [0.717, 1.165) is 57.8 Å². The van der Waals surface area contributed by atoms with Crippen molar-refractivity contribution >= 4 is 25.7 Å². The zero-order valence-corrected chi connectivity index (χ0v) is 56.5. The Kier molecular flexibility index (Phi) is 58.4. The summed E-state index contributed by atoms with van der Waals surface area (Å²) in [4.78, 5) is 39.4. The maximum Gasteiger partial charge on any atom is 0.484 e. The highest BCUT2D eigenvalue weighted by atomic mass is 31.2. The molecule has 0 fully saturated rings. The van der Waals surface area contributed by atoms with Gasteiger partial charge in [0.2, 0.25) is 18.9 Å². The molecule has 0 aliphatic carbocycles. The fourth-order valence-electron chi connectivity index (χ4n) is 10.7. The molecule has 0 aromatic rings. The normalized spacial score (nSPS) is 13.3. The monoisotopic (exact) mass is 1190 g/mol. The summed E-state index contributed by atoms with van der Waals surface area (Å²) in [7, 11) is -4.85. The molecule has 0 N–H and O–H groups in total. The van der Waals surface area contributed by atoms with E-state index in [1.54, 1.807) is 20.8 Å². The number of phosphoric acid groups is 1. The van der Waals surface area contributed by atoms with Gasteiger partial charge in [-0.15, -0.1) is 0 Å². The minimum absolute atomic E-state index is 0.150. The van der Waals surface area contributed by atoms with E-state index in [-0.39, 0.29) is 36.0 Å². The average molecular weight is 1190 g/mol. The molecule has 3 atom stereocenters. The number of unbranched alkanes of at least 4 members (excludes halogenated alkanes) is 48. The van der Waals surface area contributed by atoms with E-state index in [4.69, 9.17) is 27.8 Å². The van der Waals surface area contributed by atoms with E-state index in [9.17, 15) is 14.4 Å². The van der Waals surface area contributed by atoms with Gasteiger partial charge < -0.3 is 14.2 Å². The quantitative estimate of drug-likeness (QED) is 0.0145. The zero-order chi connectivity index (χ0) is 61.1. The molecular weight excluding hydrogens is 1060 g/mol. The Balaban J connectivity index is 5.82. The summed E-state index contributed by atoms with van der Waals surface area (Å²) in [6.45, 7) is 22.8. The molecule has 0 amide bonds. The third-order valence-electron chi connectivity index (χ3n) is 16.1. The van der Waals surface area contributed by atoms with E-state index in [2.05, 4.69) is 40.5 Å². The molecule has 0 heterocycles. The van der Waals surface area contributed by atoms with Gasteiger partial charge in [0.15, 0.2) is 0 Å². The molecule has 83 heavy (non-hydrogen) atoms. The van der Waals surface area contributed by atoms with Crippen LogP contribution >= 0.6 is 7.82 Å². The van der Waals surface area contributed by atoms with Gasteiger partial charge in [0.25, 0.3) is 0 Å². The molecule has 11 heteroatoms. The minimum Gasteiger partial charge on any atom is -0.432 e. The maximum absolute atomic E-state index is 15.3. The van der Waals surface area contributed by atoms with Gasteiger partial charge >= 0.3 is 25.7 Å². The molecule has 3 unspecified atom stereocenters. The first-order valence-corrected chi connectivity index (χ1v) is 37.0. The van der Waals surface area contributed by atoms with Gasteiger partial charge in [-0.25, -0.2) is 32.5 Å². The van der Waals surface area contributed by atoms with Crippen molar-refractivity contribution < 1.29 is 46.7 Å². The predicted molar refractivity (Wildman–Crippen MR) is 351 cm³/mol. The van der Waals surface area contributed by atoms with Crippen molar-refractivity contribution in [1.29, 1.82) is 0 Å². The number of carbonyl (C=O) groups is 3. The number of ether oxygens (including phenoxy) is 3. The van der Waals surface area contributed by atoms with Gasteiger partial charge in [0, 0.05) is 36.0 Å². The third-order valence-corrected chi connectivity index (χ3v) is 17.6. The predicted octanol–water partition coefficient (Wildman–Crippen LogP) is 24.6. The summed E-state index contributed by atoms with van der Waals surface area (Å²) in [5, 5.41) is 0. The van der Waals surface area contributed by atoms with Crippen LogP contribution in [0.5, 0.6) is 0 Å². The van der Waals surface area contributed by atoms with Gasteiger partial charge in [0.05, 0.1) is 0 Å². The average Bonchev–Trinajstić information content (AvgIpc) is 3.52. The van der Waals surface area contributed by atoms with Gasteiger partial charge in [0.1, 0.15) is 0 Å². The van der Waals surface area contributed by atoms with E-state index in [1.165, 1.54) is 250 Å². The van der Waals surface area contributed by atoms with Crippen LogP contribution < -0.4 is 0 Å². The van der Waals surface area contributed by atoms with Crippen LogP contribution in [0.4, 0.5) is 0 Å². The van der Waals surface area contributed by atoms with Crippen molar-refractivity contribution in [2.45, 2.75) is 407 Å². The fourth-order valence-corrected chi connectivity index (χ4v) is 12.1. The van der Waals surface area contributed by atoms with Crippen molar-refractivity contribution in [1.82, 2.24) is 0 Å². The topological polar surface area (TPSA) is 124 Å². The second-order valence-electron chi connectivity index (χ2n) is 24.9. The van der Waals surface area contributed by atoms with Crippen molar-refractivity contribution in [3.05, 3.63) is 36.5 Å². The second-order valence-corrected chi connectivity index (χ2v) is 26.5. The van der Waals surface area contributed by atoms with Gasteiger partial charge in [-0.05, 0) is 40.0 Å². The highest BCUT2D eigenvalue weighted by Gasteiger charge is 2.40. The second kappa shape index (κ2) is 60.0. The molecule has 0 rings (SSSR count). The van der Waals surface area contributed by atoms with Crippen LogP contribution in [0.3, 0.4) is 0 Å². The van der Waals surface area contributed by atoms with Crippen LogP contribution in [-0.2, 0) is 46.7 Å². The van der Waals surface area contributed by atoms with Gasteiger partial charge in [-0.3, -0.25) is 0 Å². The highest BCUT2D eigenvalue weighted by Crippen LogP contribution is 2.55. The fraction of sp³-hybridized carbons (Fsp3) is 0.875. The van der Waals surface area contributed by atoms with Crippen molar-refractivity contribution in [3.8, 4) is 0 Å². The summed E-state index contributed by atoms with van der Waals surface area (Å²) in [6, 6.07) is 0. The molecular formula is C72H135O10P. The van der Waals surface area contributed by atoms with Crippen LogP contribution in [0.25, 0.3) is 0 Å². The van der Waals surface area contributed by atoms with Crippen molar-refractivity contribution in [3.63, 3.8) is 0 Å². The lowest BCUT2D eigenvalue weighted by Gasteiger charge is -2.29. The SMILES string of the molecule is C=C(C)C(=O)OC(CCCCCCCCCCCCCCCCCCC)OP(=O)(OC(CCCCCCCCCCCCCCCCCCC)OC(=O)C(=C)C)OC(CCCCCCCCCCCCCCCCCCC)OC(=O)C(=C)C. The Morgan fingerprint density at radius 2 is 0.398 bits per heavy atom. The molecule has 0 aromatic heterocycles.